The molecule has 1 amide bonds. The van der Waals surface area contributed by atoms with E-state index in [0.29, 0.717) is 11.7 Å². The third-order valence-corrected chi connectivity index (χ3v) is 2.82. The van der Waals surface area contributed by atoms with Gasteiger partial charge in [0, 0.05) is 19.1 Å². The van der Waals surface area contributed by atoms with Crippen molar-refractivity contribution in [2.75, 3.05) is 27.2 Å². The fourth-order valence-corrected chi connectivity index (χ4v) is 1.81. The Hall–Kier alpha value is -1.43. The molecule has 0 bridgehead atoms. The second-order valence-corrected chi connectivity index (χ2v) is 4.01. The summed E-state index contributed by atoms with van der Waals surface area (Å²) in [6, 6.07) is 0.459. The average molecular weight is 209 g/mol. The molecule has 2 heterocycles. The average Bonchev–Trinajstić information content (AvgIpc) is 2.88. The molecule has 0 aliphatic carbocycles. The van der Waals surface area contributed by atoms with Crippen LogP contribution in [-0.2, 0) is 0 Å². The number of carbonyl (C=O) groups excluding carboxylic acids is 1. The lowest BCUT2D eigenvalue weighted by Crippen LogP contribution is -2.34. The van der Waals surface area contributed by atoms with Gasteiger partial charge in [-0.15, -0.1) is 0 Å². The summed E-state index contributed by atoms with van der Waals surface area (Å²) in [5, 5.41) is 9.87. The summed E-state index contributed by atoms with van der Waals surface area (Å²) in [5.74, 6) is -0.0342. The first kappa shape index (κ1) is 10.1. The number of hydrogen-bond acceptors (Lipinski definition) is 4. The molecule has 6 heteroatoms. The summed E-state index contributed by atoms with van der Waals surface area (Å²) in [7, 11) is 4.07. The van der Waals surface area contributed by atoms with Gasteiger partial charge in [-0.1, -0.05) is 0 Å². The number of amides is 1. The number of nitrogens with zero attached hydrogens (tertiary/aromatic N) is 4. The number of likely N-dealkylation sites (N-methyl/N-ethyl adjacent to an activating group) is 1. The van der Waals surface area contributed by atoms with Crippen molar-refractivity contribution < 1.29 is 4.79 Å². The SMILES string of the molecule is CN(C)C1CCN(C(=O)c2cn[nH]n2)C1. The number of likely N-dealkylation sites (tertiary alicyclic amines) is 1. The number of nitrogens with one attached hydrogen (secondary N) is 1. The van der Waals surface area contributed by atoms with Crippen LogP contribution in [0.3, 0.4) is 0 Å². The van der Waals surface area contributed by atoms with Gasteiger partial charge in [-0.05, 0) is 20.5 Å². The van der Waals surface area contributed by atoms with Crippen molar-refractivity contribution in [3.8, 4) is 0 Å². The largest absolute Gasteiger partial charge is 0.336 e. The van der Waals surface area contributed by atoms with Crippen LogP contribution >= 0.6 is 0 Å². The second kappa shape index (κ2) is 3.98. The van der Waals surface area contributed by atoms with Crippen molar-refractivity contribution in [1.29, 1.82) is 0 Å². The maximum atomic E-state index is 11.9. The Morgan fingerprint density at radius 1 is 1.67 bits per heavy atom. The minimum absolute atomic E-state index is 0.0342. The molecule has 1 aliphatic rings. The Kier molecular flexibility index (Phi) is 2.68. The van der Waals surface area contributed by atoms with Crippen LogP contribution in [0, 0.1) is 0 Å². The minimum atomic E-state index is -0.0342. The molecule has 15 heavy (non-hydrogen) atoms. The molecule has 1 atom stereocenters. The van der Waals surface area contributed by atoms with E-state index in [1.165, 1.54) is 6.20 Å². The predicted octanol–water partition coefficient (Wildman–Crippen LogP) is -0.419. The molecule has 0 aromatic carbocycles. The summed E-state index contributed by atoms with van der Waals surface area (Å²) < 4.78 is 0. The fraction of sp³-hybridized carbons (Fsp3) is 0.667. The maximum absolute atomic E-state index is 11.9. The first-order valence-electron chi connectivity index (χ1n) is 5.00. The molecule has 1 aromatic heterocycles. The molecular weight excluding hydrogens is 194 g/mol. The van der Waals surface area contributed by atoms with E-state index in [-0.39, 0.29) is 5.91 Å². The summed E-state index contributed by atoms with van der Waals surface area (Å²) in [6.07, 6.45) is 2.49. The highest BCUT2D eigenvalue weighted by molar-refractivity contribution is 5.92. The third kappa shape index (κ3) is 1.99. The topological polar surface area (TPSA) is 65.1 Å². The Balaban J connectivity index is 1.99. The van der Waals surface area contributed by atoms with E-state index in [1.807, 2.05) is 19.0 Å². The minimum Gasteiger partial charge on any atom is -0.336 e. The second-order valence-electron chi connectivity index (χ2n) is 4.01. The molecule has 1 unspecified atom stereocenters. The third-order valence-electron chi connectivity index (χ3n) is 2.82. The van der Waals surface area contributed by atoms with Crippen molar-refractivity contribution in [1.82, 2.24) is 25.2 Å². The smallest absolute Gasteiger partial charge is 0.276 e. The van der Waals surface area contributed by atoms with Crippen LogP contribution in [0.25, 0.3) is 0 Å². The normalized spacial score (nSPS) is 21.3. The molecule has 6 nitrogen and oxygen atoms in total. The van der Waals surface area contributed by atoms with Crippen LogP contribution < -0.4 is 0 Å². The zero-order chi connectivity index (χ0) is 10.8. The number of hydrogen-bond donors (Lipinski definition) is 1. The van der Waals surface area contributed by atoms with Crippen LogP contribution in [0.4, 0.5) is 0 Å². The van der Waals surface area contributed by atoms with Crippen molar-refractivity contribution >= 4 is 5.91 Å². The van der Waals surface area contributed by atoms with Crippen LogP contribution in [0.1, 0.15) is 16.9 Å². The number of rotatable bonds is 2. The van der Waals surface area contributed by atoms with Gasteiger partial charge in [0.2, 0.25) is 0 Å². The molecule has 1 saturated heterocycles. The quantitative estimate of drug-likeness (QED) is 0.718. The summed E-state index contributed by atoms with van der Waals surface area (Å²) in [4.78, 5) is 15.8. The van der Waals surface area contributed by atoms with Crippen molar-refractivity contribution in [3.05, 3.63) is 11.9 Å². The van der Waals surface area contributed by atoms with E-state index in [1.54, 1.807) is 0 Å². The Morgan fingerprint density at radius 2 is 2.47 bits per heavy atom. The van der Waals surface area contributed by atoms with Gasteiger partial charge in [0.05, 0.1) is 6.20 Å². The summed E-state index contributed by atoms with van der Waals surface area (Å²) >= 11 is 0. The van der Waals surface area contributed by atoms with E-state index in [2.05, 4.69) is 20.3 Å². The van der Waals surface area contributed by atoms with E-state index in [9.17, 15) is 4.79 Å². The first-order chi connectivity index (χ1) is 7.18. The van der Waals surface area contributed by atoms with Gasteiger partial charge in [0.1, 0.15) is 0 Å². The van der Waals surface area contributed by atoms with Crippen LogP contribution in [0.15, 0.2) is 6.20 Å². The van der Waals surface area contributed by atoms with E-state index in [4.69, 9.17) is 0 Å². The number of H-pyrrole nitrogens is 1. The van der Waals surface area contributed by atoms with E-state index < -0.39 is 0 Å². The molecule has 1 fully saturated rings. The highest BCUT2D eigenvalue weighted by Gasteiger charge is 2.28. The molecule has 0 spiro atoms. The van der Waals surface area contributed by atoms with Gasteiger partial charge in [0.25, 0.3) is 5.91 Å². The lowest BCUT2D eigenvalue weighted by atomic mass is 10.2. The lowest BCUT2D eigenvalue weighted by molar-refractivity contribution is 0.0777. The Labute approximate surface area is 88.2 Å². The van der Waals surface area contributed by atoms with Crippen LogP contribution in [0.5, 0.6) is 0 Å². The van der Waals surface area contributed by atoms with Crippen molar-refractivity contribution in [2.45, 2.75) is 12.5 Å². The summed E-state index contributed by atoms with van der Waals surface area (Å²) in [5.41, 5.74) is 0.398. The molecule has 1 N–H and O–H groups in total. The van der Waals surface area contributed by atoms with Gasteiger partial charge in [-0.25, -0.2) is 0 Å². The van der Waals surface area contributed by atoms with Gasteiger partial charge in [-0.3, -0.25) is 4.79 Å². The lowest BCUT2D eigenvalue weighted by Gasteiger charge is -2.19. The Morgan fingerprint density at radius 3 is 3.00 bits per heavy atom. The van der Waals surface area contributed by atoms with E-state index in [0.717, 1.165) is 19.5 Å². The number of carbonyl (C=O) groups is 1. The van der Waals surface area contributed by atoms with E-state index >= 15 is 0 Å². The first-order valence-corrected chi connectivity index (χ1v) is 5.00. The monoisotopic (exact) mass is 209 g/mol. The van der Waals surface area contributed by atoms with Gasteiger partial charge >= 0.3 is 0 Å². The van der Waals surface area contributed by atoms with Gasteiger partial charge in [-0.2, -0.15) is 15.4 Å². The zero-order valence-electron chi connectivity index (χ0n) is 8.97. The zero-order valence-corrected chi connectivity index (χ0v) is 8.97. The highest BCUT2D eigenvalue weighted by atomic mass is 16.2. The summed E-state index contributed by atoms with van der Waals surface area (Å²) in [6.45, 7) is 1.58. The van der Waals surface area contributed by atoms with Crippen molar-refractivity contribution in [2.24, 2.45) is 0 Å². The van der Waals surface area contributed by atoms with Crippen LogP contribution in [0.2, 0.25) is 0 Å². The molecule has 2 rings (SSSR count). The maximum Gasteiger partial charge on any atom is 0.276 e. The standard InChI is InChI=1S/C9H15N5O/c1-13(2)7-3-4-14(6-7)9(15)8-5-10-12-11-8/h5,7H,3-4,6H2,1-2H3,(H,10,11,12). The van der Waals surface area contributed by atoms with Crippen molar-refractivity contribution in [3.63, 3.8) is 0 Å². The molecule has 1 aromatic rings. The molecule has 0 radical (unpaired) electrons. The molecule has 1 aliphatic heterocycles. The number of aromatic amines is 1. The molecular formula is C9H15N5O. The number of aromatic nitrogens is 3. The molecule has 0 saturated carbocycles. The Bertz CT molecular complexity index is 334. The van der Waals surface area contributed by atoms with Gasteiger partial charge in [0.15, 0.2) is 5.69 Å². The fourth-order valence-electron chi connectivity index (χ4n) is 1.81. The predicted molar refractivity (Wildman–Crippen MR) is 54.4 cm³/mol. The molecule has 82 valence electrons. The van der Waals surface area contributed by atoms with Crippen LogP contribution in [-0.4, -0.2) is 64.3 Å². The van der Waals surface area contributed by atoms with Gasteiger partial charge < -0.3 is 9.80 Å². The highest BCUT2D eigenvalue weighted by Crippen LogP contribution is 2.14.